The van der Waals surface area contributed by atoms with Crippen molar-refractivity contribution < 1.29 is 23.4 Å². The Balaban J connectivity index is 6.22. The highest BCUT2D eigenvalue weighted by atomic mass is 28.4. The van der Waals surface area contributed by atoms with Crippen molar-refractivity contribution >= 4 is 16.6 Å². The molecule has 0 saturated heterocycles. The largest absolute Gasteiger partial charge is 0.408 e. The van der Waals surface area contributed by atoms with Crippen molar-refractivity contribution in [1.82, 2.24) is 0 Å². The number of aliphatic hydroxyl groups excluding tert-OH is 1. The molecule has 0 aliphatic rings. The second-order valence-corrected chi connectivity index (χ2v) is 20.1. The molecule has 0 bridgehead atoms. The molecule has 0 aliphatic carbocycles. The van der Waals surface area contributed by atoms with E-state index in [0.29, 0.717) is 13.2 Å². The average Bonchev–Trinajstić information content (AvgIpc) is 2.54. The normalized spacial score (nSPS) is 16.6. The van der Waals surface area contributed by atoms with Crippen molar-refractivity contribution in [1.29, 1.82) is 0 Å². The van der Waals surface area contributed by atoms with Crippen molar-refractivity contribution in [3.63, 3.8) is 0 Å². The fourth-order valence-electron chi connectivity index (χ4n) is 2.29. The molecule has 0 aromatic carbocycles. The Kier molecular flexibility index (Phi) is 11.5. The molecule has 0 fully saturated rings. The minimum Gasteiger partial charge on any atom is -0.408 e. The summed E-state index contributed by atoms with van der Waals surface area (Å²) in [4.78, 5) is 0. The predicted molar refractivity (Wildman–Crippen MR) is 127 cm³/mol. The summed E-state index contributed by atoms with van der Waals surface area (Å²) in [7, 11) is -4.24. The monoisotopic (exact) mass is 448 g/mol. The van der Waals surface area contributed by atoms with Crippen LogP contribution in [0.4, 0.5) is 0 Å². The molecule has 5 nitrogen and oxygen atoms in total. The molecule has 0 unspecified atom stereocenters. The van der Waals surface area contributed by atoms with E-state index in [1.54, 1.807) is 6.08 Å². The maximum absolute atomic E-state index is 9.44. The molecule has 174 valence electrons. The van der Waals surface area contributed by atoms with Crippen LogP contribution in [-0.4, -0.2) is 60.1 Å². The summed E-state index contributed by atoms with van der Waals surface area (Å²) in [5, 5.41) is 9.52. The molecule has 0 radical (unpaired) electrons. The molecule has 0 saturated carbocycles. The Morgan fingerprint density at radius 3 is 1.55 bits per heavy atom. The summed E-state index contributed by atoms with van der Waals surface area (Å²) in [5.74, 6) is 0. The third-order valence-corrected chi connectivity index (χ3v) is 15.1. The van der Waals surface area contributed by atoms with Crippen LogP contribution in [-0.2, 0) is 18.3 Å². The number of rotatable bonds is 12. The van der Waals surface area contributed by atoms with Crippen LogP contribution in [0.3, 0.4) is 0 Å². The molecule has 0 rings (SSSR count). The van der Waals surface area contributed by atoms with Crippen LogP contribution >= 0.6 is 0 Å². The third kappa shape index (κ3) is 8.93. The van der Waals surface area contributed by atoms with Crippen LogP contribution in [0.2, 0.25) is 36.3 Å². The van der Waals surface area contributed by atoms with Crippen LogP contribution in [0.5, 0.6) is 0 Å². The smallest absolute Gasteiger partial charge is 0.193 e. The molecule has 0 amide bonds. The quantitative estimate of drug-likeness (QED) is 0.235. The van der Waals surface area contributed by atoms with Crippen LogP contribution in [0.1, 0.15) is 55.4 Å². The Hall–Kier alpha value is -0.0262. The van der Waals surface area contributed by atoms with Gasteiger partial charge in [0.2, 0.25) is 0 Å². The van der Waals surface area contributed by atoms with Crippen LogP contribution in [0, 0.1) is 0 Å². The van der Waals surface area contributed by atoms with Crippen LogP contribution < -0.4 is 0 Å². The van der Waals surface area contributed by atoms with Gasteiger partial charge in [0.1, 0.15) is 6.10 Å². The van der Waals surface area contributed by atoms with E-state index in [1.807, 2.05) is 19.9 Å². The Morgan fingerprint density at radius 2 is 1.21 bits per heavy atom. The first-order chi connectivity index (χ1) is 13.0. The van der Waals surface area contributed by atoms with Gasteiger partial charge in [0.25, 0.3) is 0 Å². The molecule has 29 heavy (non-hydrogen) atoms. The lowest BCUT2D eigenvalue weighted by molar-refractivity contribution is -0.199. The van der Waals surface area contributed by atoms with Gasteiger partial charge < -0.3 is 23.4 Å². The van der Waals surface area contributed by atoms with E-state index < -0.39 is 29.0 Å². The lowest BCUT2D eigenvalue weighted by Crippen LogP contribution is -2.55. The van der Waals surface area contributed by atoms with E-state index in [-0.39, 0.29) is 22.8 Å². The fraction of sp³-hybridized carbons (Fsp3) is 0.909. The standard InChI is InChI=1S/C22H48O5Si2/c1-13-24-20(25-14-2)19(27-29(11,12)22(6,7)8)18(16-15-17-23)26-28(9,10)21(3,4)5/h15-16,18-20,23H,13-14,17H2,1-12H3/b16-15+/t18-,19+/m0/s1. The molecule has 0 aromatic heterocycles. The summed E-state index contributed by atoms with van der Waals surface area (Å²) in [6.45, 7) is 27.2. The van der Waals surface area contributed by atoms with Gasteiger partial charge in [-0.1, -0.05) is 53.7 Å². The molecule has 0 aromatic rings. The second kappa shape index (κ2) is 11.6. The fourth-order valence-corrected chi connectivity index (χ4v) is 4.81. The van der Waals surface area contributed by atoms with Crippen LogP contribution in [0.25, 0.3) is 0 Å². The molecule has 7 heteroatoms. The maximum atomic E-state index is 9.44. The number of ether oxygens (including phenoxy) is 2. The Bertz CT molecular complexity index is 486. The van der Waals surface area contributed by atoms with Gasteiger partial charge in [-0.3, -0.25) is 0 Å². The Labute approximate surface area is 182 Å². The van der Waals surface area contributed by atoms with E-state index in [2.05, 4.69) is 67.7 Å². The zero-order chi connectivity index (χ0) is 23.1. The lowest BCUT2D eigenvalue weighted by atomic mass is 10.2. The number of hydrogen-bond acceptors (Lipinski definition) is 5. The minimum absolute atomic E-state index is 0.0381. The van der Waals surface area contributed by atoms with E-state index in [0.717, 1.165) is 0 Å². The molecule has 1 N–H and O–H groups in total. The SMILES string of the molecule is CCOC(OCC)[C@H](O[Si](C)(C)C(C)(C)C)[C@H](/C=C/CO)O[Si](C)(C)C(C)(C)C. The van der Waals surface area contributed by atoms with Crippen molar-refractivity contribution in [3.05, 3.63) is 12.2 Å². The Morgan fingerprint density at radius 1 is 0.793 bits per heavy atom. The molecular formula is C22H48O5Si2. The topological polar surface area (TPSA) is 57.2 Å². The zero-order valence-corrected chi connectivity index (χ0v) is 23.1. The highest BCUT2D eigenvalue weighted by Crippen LogP contribution is 2.41. The number of hydrogen-bond donors (Lipinski definition) is 1. The van der Waals surface area contributed by atoms with Crippen molar-refractivity contribution in [2.45, 2.75) is 110 Å². The first-order valence-corrected chi connectivity index (χ1v) is 16.7. The van der Waals surface area contributed by atoms with E-state index in [1.165, 1.54) is 0 Å². The van der Waals surface area contributed by atoms with E-state index in [9.17, 15) is 5.11 Å². The molecule has 0 aliphatic heterocycles. The maximum Gasteiger partial charge on any atom is 0.193 e. The first kappa shape index (κ1) is 29.0. The highest BCUT2D eigenvalue weighted by molar-refractivity contribution is 6.74. The van der Waals surface area contributed by atoms with Gasteiger partial charge in [-0.2, -0.15) is 0 Å². The molecule has 0 spiro atoms. The van der Waals surface area contributed by atoms with Crippen molar-refractivity contribution in [2.24, 2.45) is 0 Å². The van der Waals surface area contributed by atoms with Gasteiger partial charge in [0, 0.05) is 13.2 Å². The van der Waals surface area contributed by atoms with Crippen LogP contribution in [0.15, 0.2) is 12.2 Å². The van der Waals surface area contributed by atoms with Gasteiger partial charge >= 0.3 is 0 Å². The highest BCUT2D eigenvalue weighted by Gasteiger charge is 2.46. The predicted octanol–water partition coefficient (Wildman–Crippen LogP) is 5.71. The van der Waals surface area contributed by atoms with Gasteiger partial charge in [0.05, 0.1) is 12.7 Å². The third-order valence-electron chi connectivity index (χ3n) is 6.16. The summed E-state index contributed by atoms with van der Waals surface area (Å²) < 4.78 is 25.6. The van der Waals surface area contributed by atoms with Crippen molar-refractivity contribution in [2.75, 3.05) is 19.8 Å². The molecule has 0 heterocycles. The van der Waals surface area contributed by atoms with E-state index >= 15 is 0 Å². The van der Waals surface area contributed by atoms with E-state index in [4.69, 9.17) is 18.3 Å². The first-order valence-electron chi connectivity index (χ1n) is 10.9. The van der Waals surface area contributed by atoms with Gasteiger partial charge in [0.15, 0.2) is 22.9 Å². The zero-order valence-electron chi connectivity index (χ0n) is 21.1. The van der Waals surface area contributed by atoms with Gasteiger partial charge in [-0.25, -0.2) is 0 Å². The summed E-state index contributed by atoms with van der Waals surface area (Å²) in [6.07, 6.45) is 2.35. The molecule has 2 atom stereocenters. The summed E-state index contributed by atoms with van der Waals surface area (Å²) in [5.41, 5.74) is 0. The van der Waals surface area contributed by atoms with Crippen molar-refractivity contribution in [3.8, 4) is 0 Å². The minimum atomic E-state index is -2.13. The summed E-state index contributed by atoms with van der Waals surface area (Å²) >= 11 is 0. The van der Waals surface area contributed by atoms with Gasteiger partial charge in [-0.05, 0) is 50.1 Å². The number of aliphatic hydroxyl groups is 1. The van der Waals surface area contributed by atoms with Gasteiger partial charge in [-0.15, -0.1) is 0 Å². The summed E-state index contributed by atoms with van der Waals surface area (Å²) in [6, 6.07) is 0. The lowest BCUT2D eigenvalue weighted by Gasteiger charge is -2.46. The average molecular weight is 449 g/mol. The molecular weight excluding hydrogens is 400 g/mol. The second-order valence-electron chi connectivity index (χ2n) is 10.6.